The molecule has 1 aliphatic rings. The highest BCUT2D eigenvalue weighted by atomic mass is 35.5. The van der Waals surface area contributed by atoms with Crippen molar-refractivity contribution >= 4 is 11.6 Å². The highest BCUT2D eigenvalue weighted by Gasteiger charge is 2.49. The zero-order chi connectivity index (χ0) is 11.9. The normalized spacial score (nSPS) is 27.3. The van der Waals surface area contributed by atoms with Crippen molar-refractivity contribution in [3.63, 3.8) is 0 Å². The number of aryl methyl sites for hydroxylation is 1. The van der Waals surface area contributed by atoms with Crippen LogP contribution in [0.2, 0.25) is 5.02 Å². The second-order valence-electron chi connectivity index (χ2n) is 5.11. The predicted molar refractivity (Wildman–Crippen MR) is 65.0 cm³/mol. The van der Waals surface area contributed by atoms with Crippen LogP contribution in [0, 0.1) is 12.3 Å². The van der Waals surface area contributed by atoms with Crippen LogP contribution in [0.15, 0.2) is 18.2 Å². The fourth-order valence-corrected chi connectivity index (χ4v) is 2.08. The first-order valence-electron chi connectivity index (χ1n) is 5.52. The van der Waals surface area contributed by atoms with Gasteiger partial charge >= 0.3 is 0 Å². The molecule has 0 amide bonds. The number of ether oxygens (including phenoxy) is 1. The fraction of sp³-hybridized carbons (Fsp3) is 0.538. The first-order chi connectivity index (χ1) is 7.41. The smallest absolute Gasteiger partial charge is 0.138 e. The van der Waals surface area contributed by atoms with E-state index in [0.717, 1.165) is 5.56 Å². The Morgan fingerprint density at radius 1 is 1.44 bits per heavy atom. The van der Waals surface area contributed by atoms with Crippen molar-refractivity contribution in [2.45, 2.75) is 39.4 Å². The Morgan fingerprint density at radius 3 is 2.69 bits per heavy atom. The second-order valence-corrected chi connectivity index (χ2v) is 5.52. The molecule has 2 rings (SSSR count). The van der Waals surface area contributed by atoms with Crippen molar-refractivity contribution in [3.8, 4) is 5.75 Å². The Morgan fingerprint density at radius 2 is 2.12 bits per heavy atom. The summed E-state index contributed by atoms with van der Waals surface area (Å²) in [5.74, 6) is 0.714. The second kappa shape index (κ2) is 3.94. The standard InChI is InChI=1S/C13H17ClO2/c1-8-4-5-9(14)10(6-8)16-12-7-11(15)13(12,2)3/h4-6,11-12,15H,7H2,1-3H3. The zero-order valence-corrected chi connectivity index (χ0v) is 10.6. The van der Waals surface area contributed by atoms with Crippen LogP contribution in [0.25, 0.3) is 0 Å². The summed E-state index contributed by atoms with van der Waals surface area (Å²) in [6.45, 7) is 6.02. The molecule has 0 heterocycles. The molecule has 1 fully saturated rings. The number of aliphatic hydroxyl groups is 1. The summed E-state index contributed by atoms with van der Waals surface area (Å²) in [6.07, 6.45) is 0.444. The molecular formula is C13H17ClO2. The number of halogens is 1. The molecule has 0 aromatic heterocycles. The molecule has 2 nitrogen and oxygen atoms in total. The van der Waals surface area contributed by atoms with E-state index in [9.17, 15) is 5.11 Å². The summed E-state index contributed by atoms with van der Waals surface area (Å²) in [5.41, 5.74) is 0.935. The van der Waals surface area contributed by atoms with Gasteiger partial charge in [0.25, 0.3) is 0 Å². The van der Waals surface area contributed by atoms with Crippen molar-refractivity contribution in [1.82, 2.24) is 0 Å². The van der Waals surface area contributed by atoms with E-state index in [2.05, 4.69) is 0 Å². The average molecular weight is 241 g/mol. The van der Waals surface area contributed by atoms with Crippen LogP contribution in [-0.2, 0) is 0 Å². The quantitative estimate of drug-likeness (QED) is 0.860. The van der Waals surface area contributed by atoms with Crippen LogP contribution >= 0.6 is 11.6 Å². The molecule has 16 heavy (non-hydrogen) atoms. The lowest BCUT2D eigenvalue weighted by molar-refractivity contribution is -0.134. The van der Waals surface area contributed by atoms with Crippen molar-refractivity contribution in [3.05, 3.63) is 28.8 Å². The van der Waals surface area contributed by atoms with E-state index < -0.39 is 0 Å². The highest BCUT2D eigenvalue weighted by Crippen LogP contribution is 2.43. The SMILES string of the molecule is Cc1ccc(Cl)c(OC2CC(O)C2(C)C)c1. The molecule has 1 aromatic carbocycles. The van der Waals surface area contributed by atoms with Crippen molar-refractivity contribution < 1.29 is 9.84 Å². The molecule has 3 heteroatoms. The topological polar surface area (TPSA) is 29.5 Å². The lowest BCUT2D eigenvalue weighted by Gasteiger charge is -2.48. The van der Waals surface area contributed by atoms with E-state index in [1.807, 2.05) is 39.0 Å². The van der Waals surface area contributed by atoms with E-state index >= 15 is 0 Å². The predicted octanol–water partition coefficient (Wildman–Crippen LogP) is 3.19. The van der Waals surface area contributed by atoms with E-state index in [1.54, 1.807) is 0 Å². The van der Waals surface area contributed by atoms with Gasteiger partial charge in [-0.25, -0.2) is 0 Å². The van der Waals surface area contributed by atoms with Gasteiger partial charge in [-0.15, -0.1) is 0 Å². The minimum atomic E-state index is -0.277. The lowest BCUT2D eigenvalue weighted by Crippen LogP contribution is -2.56. The van der Waals surface area contributed by atoms with Crippen LogP contribution in [0.4, 0.5) is 0 Å². The van der Waals surface area contributed by atoms with E-state index in [4.69, 9.17) is 16.3 Å². The molecule has 2 atom stereocenters. The van der Waals surface area contributed by atoms with Gasteiger partial charge in [0, 0.05) is 11.8 Å². The first kappa shape index (κ1) is 11.7. The Hall–Kier alpha value is -0.730. The number of rotatable bonds is 2. The van der Waals surface area contributed by atoms with Crippen molar-refractivity contribution in [2.24, 2.45) is 5.41 Å². The van der Waals surface area contributed by atoms with E-state index in [0.29, 0.717) is 17.2 Å². The van der Waals surface area contributed by atoms with Gasteiger partial charge in [-0.05, 0) is 24.6 Å². The van der Waals surface area contributed by atoms with Gasteiger partial charge in [-0.3, -0.25) is 0 Å². The summed E-state index contributed by atoms with van der Waals surface area (Å²) in [4.78, 5) is 0. The van der Waals surface area contributed by atoms with Gasteiger partial charge in [-0.2, -0.15) is 0 Å². The minimum Gasteiger partial charge on any atom is -0.488 e. The highest BCUT2D eigenvalue weighted by molar-refractivity contribution is 6.32. The molecule has 1 saturated carbocycles. The molecule has 0 aliphatic heterocycles. The van der Waals surface area contributed by atoms with Crippen molar-refractivity contribution in [1.29, 1.82) is 0 Å². The lowest BCUT2D eigenvalue weighted by atomic mass is 9.66. The van der Waals surface area contributed by atoms with Crippen molar-refractivity contribution in [2.75, 3.05) is 0 Å². The molecule has 2 unspecified atom stereocenters. The van der Waals surface area contributed by atoms with E-state index in [1.165, 1.54) is 0 Å². The number of benzene rings is 1. The van der Waals surface area contributed by atoms with Gasteiger partial charge in [0.1, 0.15) is 11.9 Å². The summed E-state index contributed by atoms with van der Waals surface area (Å²) in [7, 11) is 0. The Balaban J connectivity index is 2.13. The largest absolute Gasteiger partial charge is 0.488 e. The third kappa shape index (κ3) is 1.92. The number of hydrogen-bond donors (Lipinski definition) is 1. The van der Waals surface area contributed by atoms with Crippen LogP contribution in [0.5, 0.6) is 5.75 Å². The van der Waals surface area contributed by atoms with Gasteiger partial charge in [0.15, 0.2) is 0 Å². The fourth-order valence-electron chi connectivity index (χ4n) is 1.92. The monoisotopic (exact) mass is 240 g/mol. The molecule has 1 aromatic rings. The van der Waals surface area contributed by atoms with Gasteiger partial charge in [0.2, 0.25) is 0 Å². The molecule has 0 radical (unpaired) electrons. The minimum absolute atomic E-state index is 0.0433. The molecule has 1 N–H and O–H groups in total. The molecule has 1 aliphatic carbocycles. The summed E-state index contributed by atoms with van der Waals surface area (Å²) in [6, 6.07) is 5.73. The number of aliphatic hydroxyl groups excluding tert-OH is 1. The summed E-state index contributed by atoms with van der Waals surface area (Å²) >= 11 is 6.06. The maximum atomic E-state index is 9.64. The Kier molecular flexibility index (Phi) is 2.89. The third-order valence-electron chi connectivity index (χ3n) is 3.48. The molecular weight excluding hydrogens is 224 g/mol. The Labute approximate surface area is 101 Å². The zero-order valence-electron chi connectivity index (χ0n) is 9.83. The molecule has 0 saturated heterocycles. The first-order valence-corrected chi connectivity index (χ1v) is 5.90. The summed E-state index contributed by atoms with van der Waals surface area (Å²) < 4.78 is 5.86. The maximum absolute atomic E-state index is 9.64. The van der Waals surface area contributed by atoms with Gasteiger partial charge in [0.05, 0.1) is 11.1 Å². The average Bonchev–Trinajstić information content (AvgIpc) is 2.23. The van der Waals surface area contributed by atoms with Crippen LogP contribution in [0.1, 0.15) is 25.8 Å². The number of hydrogen-bond acceptors (Lipinski definition) is 2. The maximum Gasteiger partial charge on any atom is 0.138 e. The van der Waals surface area contributed by atoms with Crippen LogP contribution < -0.4 is 4.74 Å². The molecule has 0 bridgehead atoms. The van der Waals surface area contributed by atoms with Crippen LogP contribution in [0.3, 0.4) is 0 Å². The molecule has 88 valence electrons. The van der Waals surface area contributed by atoms with E-state index in [-0.39, 0.29) is 17.6 Å². The van der Waals surface area contributed by atoms with Gasteiger partial charge in [-0.1, -0.05) is 31.5 Å². The molecule has 0 spiro atoms. The Bertz CT molecular complexity index is 401. The van der Waals surface area contributed by atoms with Crippen LogP contribution in [-0.4, -0.2) is 17.3 Å². The third-order valence-corrected chi connectivity index (χ3v) is 3.79. The van der Waals surface area contributed by atoms with Gasteiger partial charge < -0.3 is 9.84 Å². The summed E-state index contributed by atoms with van der Waals surface area (Å²) in [5, 5.41) is 10.3.